The predicted molar refractivity (Wildman–Crippen MR) is 59.5 cm³/mol. The zero-order valence-corrected chi connectivity index (χ0v) is 8.88. The van der Waals surface area contributed by atoms with E-state index in [2.05, 4.69) is 5.32 Å². The molecule has 0 aliphatic heterocycles. The van der Waals surface area contributed by atoms with Crippen LogP contribution in [0.25, 0.3) is 0 Å². The van der Waals surface area contributed by atoms with Crippen LogP contribution in [0.4, 0.5) is 11.4 Å². The summed E-state index contributed by atoms with van der Waals surface area (Å²) in [6, 6.07) is 4.00. The molecule has 1 aromatic carbocycles. The zero-order valence-electron chi connectivity index (χ0n) is 8.88. The molecule has 0 spiro atoms. The van der Waals surface area contributed by atoms with E-state index in [1.807, 2.05) is 6.92 Å². The van der Waals surface area contributed by atoms with E-state index in [1.54, 1.807) is 0 Å². The van der Waals surface area contributed by atoms with Crippen molar-refractivity contribution in [3.8, 4) is 5.75 Å². The van der Waals surface area contributed by atoms with Gasteiger partial charge in [0.2, 0.25) is 0 Å². The SMILES string of the molecule is CCC(O)CNc1ccc(O)c([N+](=O)[O-])c1. The molecule has 0 radical (unpaired) electrons. The third-order valence-corrected chi connectivity index (χ3v) is 2.19. The van der Waals surface area contributed by atoms with E-state index in [-0.39, 0.29) is 11.4 Å². The van der Waals surface area contributed by atoms with Crippen molar-refractivity contribution in [2.45, 2.75) is 19.4 Å². The van der Waals surface area contributed by atoms with Gasteiger partial charge in [-0.3, -0.25) is 10.1 Å². The molecule has 0 aromatic heterocycles. The first-order valence-corrected chi connectivity index (χ1v) is 4.94. The highest BCUT2D eigenvalue weighted by Crippen LogP contribution is 2.28. The summed E-state index contributed by atoms with van der Waals surface area (Å²) in [5, 5.41) is 31.9. The number of hydrogen-bond donors (Lipinski definition) is 3. The molecular formula is C10H14N2O4. The number of nitrogens with zero attached hydrogens (tertiary/aromatic N) is 1. The Morgan fingerprint density at radius 2 is 2.25 bits per heavy atom. The lowest BCUT2D eigenvalue weighted by molar-refractivity contribution is -0.385. The van der Waals surface area contributed by atoms with Crippen LogP contribution in [0.5, 0.6) is 5.75 Å². The molecule has 1 rings (SSSR count). The van der Waals surface area contributed by atoms with Crippen molar-refractivity contribution >= 4 is 11.4 Å². The third-order valence-electron chi connectivity index (χ3n) is 2.19. The van der Waals surface area contributed by atoms with E-state index in [1.165, 1.54) is 18.2 Å². The van der Waals surface area contributed by atoms with Gasteiger partial charge >= 0.3 is 5.69 Å². The zero-order chi connectivity index (χ0) is 12.1. The standard InChI is InChI=1S/C10H14N2O4/c1-2-8(13)6-11-7-3-4-10(14)9(5-7)12(15)16/h3-5,8,11,13-14H,2,6H2,1H3. The molecular weight excluding hydrogens is 212 g/mol. The molecule has 0 aliphatic carbocycles. The van der Waals surface area contributed by atoms with E-state index in [0.717, 1.165) is 0 Å². The maximum atomic E-state index is 10.5. The molecule has 88 valence electrons. The van der Waals surface area contributed by atoms with Crippen LogP contribution in [0.3, 0.4) is 0 Å². The van der Waals surface area contributed by atoms with Gasteiger partial charge in [-0.25, -0.2) is 0 Å². The summed E-state index contributed by atoms with van der Waals surface area (Å²) in [5.74, 6) is -0.369. The molecule has 0 bridgehead atoms. The summed E-state index contributed by atoms with van der Waals surface area (Å²) in [4.78, 5) is 9.88. The molecule has 0 saturated heterocycles. The van der Waals surface area contributed by atoms with Crippen LogP contribution in [0.1, 0.15) is 13.3 Å². The topological polar surface area (TPSA) is 95.6 Å². The van der Waals surface area contributed by atoms with Gasteiger partial charge in [-0.1, -0.05) is 6.92 Å². The van der Waals surface area contributed by atoms with Crippen molar-refractivity contribution in [2.24, 2.45) is 0 Å². The van der Waals surface area contributed by atoms with E-state index in [0.29, 0.717) is 18.7 Å². The van der Waals surface area contributed by atoms with Crippen LogP contribution in [-0.4, -0.2) is 27.8 Å². The lowest BCUT2D eigenvalue weighted by atomic mass is 10.2. The van der Waals surface area contributed by atoms with Crippen LogP contribution < -0.4 is 5.32 Å². The van der Waals surface area contributed by atoms with E-state index in [9.17, 15) is 20.3 Å². The van der Waals surface area contributed by atoms with Crippen molar-refractivity contribution in [3.05, 3.63) is 28.3 Å². The molecule has 16 heavy (non-hydrogen) atoms. The summed E-state index contributed by atoms with van der Waals surface area (Å²) >= 11 is 0. The normalized spacial score (nSPS) is 12.1. The minimum absolute atomic E-state index is 0.318. The number of nitro groups is 1. The maximum Gasteiger partial charge on any atom is 0.312 e. The number of phenolic OH excluding ortho intramolecular Hbond substituents is 1. The Morgan fingerprint density at radius 3 is 2.81 bits per heavy atom. The van der Waals surface area contributed by atoms with Crippen molar-refractivity contribution in [1.82, 2.24) is 0 Å². The quantitative estimate of drug-likeness (QED) is 0.401. The summed E-state index contributed by atoms with van der Waals surface area (Å²) in [7, 11) is 0. The molecule has 6 nitrogen and oxygen atoms in total. The number of nitrogens with one attached hydrogen (secondary N) is 1. The monoisotopic (exact) mass is 226 g/mol. The minimum atomic E-state index is -0.656. The Morgan fingerprint density at radius 1 is 1.56 bits per heavy atom. The first-order chi connectivity index (χ1) is 7.54. The van der Waals surface area contributed by atoms with E-state index >= 15 is 0 Å². The molecule has 1 unspecified atom stereocenters. The van der Waals surface area contributed by atoms with Gasteiger partial charge < -0.3 is 15.5 Å². The van der Waals surface area contributed by atoms with Crippen LogP contribution in [0.15, 0.2) is 18.2 Å². The van der Waals surface area contributed by atoms with Crippen LogP contribution in [0, 0.1) is 10.1 Å². The number of anilines is 1. The highest BCUT2D eigenvalue weighted by atomic mass is 16.6. The van der Waals surface area contributed by atoms with Gasteiger partial charge in [0.25, 0.3) is 0 Å². The summed E-state index contributed by atoms with van der Waals surface area (Å²) < 4.78 is 0. The first kappa shape index (κ1) is 12.3. The fraction of sp³-hybridized carbons (Fsp3) is 0.400. The van der Waals surface area contributed by atoms with Gasteiger partial charge in [-0.05, 0) is 18.6 Å². The fourth-order valence-electron chi connectivity index (χ4n) is 1.16. The molecule has 0 heterocycles. The minimum Gasteiger partial charge on any atom is -0.502 e. The van der Waals surface area contributed by atoms with Crippen LogP contribution in [0.2, 0.25) is 0 Å². The average Bonchev–Trinajstić information content (AvgIpc) is 2.27. The Balaban J connectivity index is 2.75. The Labute approximate surface area is 92.7 Å². The lowest BCUT2D eigenvalue weighted by Gasteiger charge is -2.10. The summed E-state index contributed by atoms with van der Waals surface area (Å²) in [6.45, 7) is 2.16. The Kier molecular flexibility index (Phi) is 4.07. The lowest BCUT2D eigenvalue weighted by Crippen LogP contribution is -2.18. The van der Waals surface area contributed by atoms with Gasteiger partial charge in [0.1, 0.15) is 0 Å². The number of aliphatic hydroxyl groups is 1. The van der Waals surface area contributed by atoms with Crippen LogP contribution >= 0.6 is 0 Å². The molecule has 1 atom stereocenters. The molecule has 6 heteroatoms. The smallest absolute Gasteiger partial charge is 0.312 e. The second-order valence-corrected chi connectivity index (χ2v) is 3.40. The number of phenols is 1. The van der Waals surface area contributed by atoms with Gasteiger partial charge in [-0.2, -0.15) is 0 Å². The fourth-order valence-corrected chi connectivity index (χ4v) is 1.16. The van der Waals surface area contributed by atoms with Crippen molar-refractivity contribution < 1.29 is 15.1 Å². The highest BCUT2D eigenvalue weighted by Gasteiger charge is 2.13. The van der Waals surface area contributed by atoms with E-state index in [4.69, 9.17) is 0 Å². The molecule has 0 fully saturated rings. The highest BCUT2D eigenvalue weighted by molar-refractivity contribution is 5.57. The van der Waals surface area contributed by atoms with Gasteiger partial charge in [0.05, 0.1) is 11.0 Å². The second kappa shape index (κ2) is 5.32. The number of benzene rings is 1. The van der Waals surface area contributed by atoms with Crippen LogP contribution in [-0.2, 0) is 0 Å². The molecule has 0 saturated carbocycles. The molecule has 1 aromatic rings. The molecule has 3 N–H and O–H groups in total. The average molecular weight is 226 g/mol. The van der Waals surface area contributed by atoms with E-state index < -0.39 is 11.0 Å². The number of aromatic hydroxyl groups is 1. The van der Waals surface area contributed by atoms with Crippen molar-refractivity contribution in [3.63, 3.8) is 0 Å². The summed E-state index contributed by atoms with van der Waals surface area (Å²) in [5.41, 5.74) is 0.146. The van der Waals surface area contributed by atoms with Gasteiger partial charge in [-0.15, -0.1) is 0 Å². The van der Waals surface area contributed by atoms with Crippen molar-refractivity contribution in [1.29, 1.82) is 0 Å². The number of nitro benzene ring substituents is 1. The molecule has 0 amide bonds. The first-order valence-electron chi connectivity index (χ1n) is 4.94. The molecule has 0 aliphatic rings. The van der Waals surface area contributed by atoms with Gasteiger partial charge in [0.15, 0.2) is 5.75 Å². The number of aliphatic hydroxyl groups excluding tert-OH is 1. The summed E-state index contributed by atoms with van der Waals surface area (Å²) in [6.07, 6.45) is 0.112. The third kappa shape index (κ3) is 3.09. The number of hydrogen-bond acceptors (Lipinski definition) is 5. The number of rotatable bonds is 5. The Bertz CT molecular complexity index is 381. The Hall–Kier alpha value is -1.82. The maximum absolute atomic E-state index is 10.5. The van der Waals surface area contributed by atoms with Crippen molar-refractivity contribution in [2.75, 3.05) is 11.9 Å². The predicted octanol–water partition coefficient (Wildman–Crippen LogP) is 1.48. The second-order valence-electron chi connectivity index (χ2n) is 3.40. The van der Waals surface area contributed by atoms with Gasteiger partial charge in [0, 0.05) is 18.3 Å². The largest absolute Gasteiger partial charge is 0.502 e.